The Balaban J connectivity index is 1.31. The van der Waals surface area contributed by atoms with Crippen LogP contribution in [-0.2, 0) is 11.2 Å². The fraction of sp³-hybridized carbons (Fsp3) is 0.192. The first-order chi connectivity index (χ1) is 16.6. The molecule has 1 heterocycles. The van der Waals surface area contributed by atoms with Crippen LogP contribution in [0.5, 0.6) is 0 Å². The second kappa shape index (κ2) is 12.1. The van der Waals surface area contributed by atoms with Gasteiger partial charge >= 0.3 is 0 Å². The maximum absolute atomic E-state index is 12.3. The summed E-state index contributed by atoms with van der Waals surface area (Å²) in [7, 11) is 0. The predicted octanol–water partition coefficient (Wildman–Crippen LogP) is 6.47. The Kier molecular flexibility index (Phi) is 8.63. The van der Waals surface area contributed by atoms with Crippen molar-refractivity contribution in [2.45, 2.75) is 24.4 Å². The van der Waals surface area contributed by atoms with Crippen molar-refractivity contribution in [3.63, 3.8) is 0 Å². The van der Waals surface area contributed by atoms with Crippen molar-refractivity contribution < 1.29 is 4.79 Å². The Morgan fingerprint density at radius 2 is 1.68 bits per heavy atom. The summed E-state index contributed by atoms with van der Waals surface area (Å²) in [5, 5.41) is 13.9. The van der Waals surface area contributed by atoms with Crippen LogP contribution in [0, 0.1) is 0 Å². The highest BCUT2D eigenvalue weighted by atomic mass is 35.5. The molecule has 0 aliphatic heterocycles. The fourth-order valence-corrected chi connectivity index (χ4v) is 4.89. The van der Waals surface area contributed by atoms with E-state index in [1.165, 1.54) is 0 Å². The molecule has 1 aromatic heterocycles. The van der Waals surface area contributed by atoms with Crippen LogP contribution >= 0.6 is 35.0 Å². The number of nitrogens with zero attached hydrogens (tertiary/aromatic N) is 3. The molecule has 4 rings (SSSR count). The van der Waals surface area contributed by atoms with E-state index in [0.29, 0.717) is 29.4 Å². The van der Waals surface area contributed by atoms with Crippen LogP contribution in [0.25, 0.3) is 17.1 Å². The number of nitrogens with one attached hydrogen (secondary N) is 1. The number of carbonyl (C=O) groups excluding carboxylic acids is 1. The minimum absolute atomic E-state index is 0.0280. The molecule has 0 radical (unpaired) electrons. The minimum Gasteiger partial charge on any atom is -0.356 e. The second-order valence-corrected chi connectivity index (χ2v) is 9.54. The van der Waals surface area contributed by atoms with Gasteiger partial charge < -0.3 is 5.32 Å². The SMILES string of the molecule is O=C(CCCSc1nnc(-c2ccccc2)n1-c1ccccc1)NCCc1ccc(Cl)cc1Cl. The number of hydrogen-bond donors (Lipinski definition) is 1. The number of aromatic nitrogens is 3. The number of benzene rings is 3. The summed E-state index contributed by atoms with van der Waals surface area (Å²) in [4.78, 5) is 12.3. The fourth-order valence-electron chi connectivity index (χ4n) is 3.49. The van der Waals surface area contributed by atoms with Crippen molar-refractivity contribution in [3.05, 3.63) is 94.5 Å². The molecule has 0 saturated heterocycles. The lowest BCUT2D eigenvalue weighted by molar-refractivity contribution is -0.121. The van der Waals surface area contributed by atoms with E-state index in [2.05, 4.69) is 20.1 Å². The van der Waals surface area contributed by atoms with Crippen molar-refractivity contribution in [1.29, 1.82) is 0 Å². The molecule has 1 amide bonds. The minimum atomic E-state index is 0.0280. The highest BCUT2D eigenvalue weighted by Gasteiger charge is 2.16. The maximum atomic E-state index is 12.3. The molecule has 174 valence electrons. The third-order valence-corrected chi connectivity index (χ3v) is 6.79. The summed E-state index contributed by atoms with van der Waals surface area (Å²) in [5.41, 5.74) is 2.98. The van der Waals surface area contributed by atoms with Crippen molar-refractivity contribution in [2.24, 2.45) is 0 Å². The van der Waals surface area contributed by atoms with E-state index >= 15 is 0 Å². The molecule has 0 aliphatic carbocycles. The Bertz CT molecular complexity index is 1230. The van der Waals surface area contributed by atoms with E-state index in [4.69, 9.17) is 23.2 Å². The van der Waals surface area contributed by atoms with Crippen molar-refractivity contribution in [2.75, 3.05) is 12.3 Å². The Morgan fingerprint density at radius 1 is 0.941 bits per heavy atom. The monoisotopic (exact) mass is 510 g/mol. The second-order valence-electron chi connectivity index (χ2n) is 7.63. The van der Waals surface area contributed by atoms with E-state index in [0.717, 1.165) is 40.0 Å². The molecule has 0 fully saturated rings. The Morgan fingerprint density at radius 3 is 2.41 bits per heavy atom. The smallest absolute Gasteiger partial charge is 0.220 e. The summed E-state index contributed by atoms with van der Waals surface area (Å²) in [6.07, 6.45) is 1.85. The molecule has 3 aromatic carbocycles. The van der Waals surface area contributed by atoms with E-state index in [1.807, 2.05) is 66.7 Å². The van der Waals surface area contributed by atoms with Crippen LogP contribution in [0.15, 0.2) is 84.0 Å². The van der Waals surface area contributed by atoms with Gasteiger partial charge in [-0.25, -0.2) is 0 Å². The first-order valence-corrected chi connectivity index (χ1v) is 12.8. The van der Waals surface area contributed by atoms with Gasteiger partial charge in [-0.15, -0.1) is 10.2 Å². The summed E-state index contributed by atoms with van der Waals surface area (Å²) < 4.78 is 2.07. The van der Waals surface area contributed by atoms with Gasteiger partial charge in [-0.3, -0.25) is 9.36 Å². The highest BCUT2D eigenvalue weighted by molar-refractivity contribution is 7.99. The van der Waals surface area contributed by atoms with Crippen molar-refractivity contribution in [1.82, 2.24) is 20.1 Å². The molecular weight excluding hydrogens is 487 g/mol. The Labute approximate surface area is 213 Å². The van der Waals surface area contributed by atoms with E-state index < -0.39 is 0 Å². The number of amides is 1. The molecule has 34 heavy (non-hydrogen) atoms. The molecule has 4 aromatic rings. The number of carbonyl (C=O) groups is 1. The quantitative estimate of drug-likeness (QED) is 0.196. The lowest BCUT2D eigenvalue weighted by atomic mass is 10.1. The molecule has 1 N–H and O–H groups in total. The van der Waals surface area contributed by atoms with Gasteiger partial charge in [0.1, 0.15) is 0 Å². The molecule has 0 unspecified atom stereocenters. The van der Waals surface area contributed by atoms with Gasteiger partial charge in [0.2, 0.25) is 5.91 Å². The standard InChI is InChI=1S/C26H24Cl2N4OS/c27-21-14-13-19(23(28)18-21)15-16-29-24(33)12-7-17-34-26-31-30-25(20-8-3-1-4-9-20)32(26)22-10-5-2-6-11-22/h1-6,8-11,13-14,18H,7,12,15-17H2,(H,29,33). The number of thioether (sulfide) groups is 1. The number of hydrogen-bond acceptors (Lipinski definition) is 4. The van der Waals surface area contributed by atoms with E-state index in [1.54, 1.807) is 23.9 Å². The van der Waals surface area contributed by atoms with Crippen LogP contribution < -0.4 is 5.32 Å². The van der Waals surface area contributed by atoms with Gasteiger partial charge in [0.05, 0.1) is 0 Å². The van der Waals surface area contributed by atoms with E-state index in [9.17, 15) is 4.79 Å². The molecule has 0 aliphatic rings. The predicted molar refractivity (Wildman–Crippen MR) is 140 cm³/mol. The molecule has 0 spiro atoms. The topological polar surface area (TPSA) is 59.8 Å². The number of rotatable bonds is 10. The molecule has 5 nitrogen and oxygen atoms in total. The number of para-hydroxylation sites is 1. The van der Waals surface area contributed by atoms with Gasteiger partial charge in [-0.05, 0) is 42.7 Å². The normalized spacial score (nSPS) is 10.9. The lowest BCUT2D eigenvalue weighted by Gasteiger charge is -2.10. The van der Waals surface area contributed by atoms with Gasteiger partial charge in [-0.2, -0.15) is 0 Å². The van der Waals surface area contributed by atoms with Crippen molar-refractivity contribution in [3.8, 4) is 17.1 Å². The number of halogens is 2. The van der Waals surface area contributed by atoms with Crippen LogP contribution in [0.1, 0.15) is 18.4 Å². The summed E-state index contributed by atoms with van der Waals surface area (Å²) in [6, 6.07) is 25.5. The molecule has 8 heteroatoms. The maximum Gasteiger partial charge on any atom is 0.220 e. The zero-order valence-corrected chi connectivity index (χ0v) is 20.8. The first kappa shape index (κ1) is 24.3. The van der Waals surface area contributed by atoms with Crippen molar-refractivity contribution >= 4 is 40.9 Å². The average molecular weight is 511 g/mol. The van der Waals surface area contributed by atoms with Crippen LogP contribution in [0.2, 0.25) is 10.0 Å². The largest absolute Gasteiger partial charge is 0.356 e. The summed E-state index contributed by atoms with van der Waals surface area (Å²) >= 11 is 13.7. The zero-order valence-electron chi connectivity index (χ0n) is 18.5. The molecule has 0 atom stereocenters. The molecular formula is C26H24Cl2N4OS. The summed E-state index contributed by atoms with van der Waals surface area (Å²) in [5.74, 6) is 1.59. The highest BCUT2D eigenvalue weighted by Crippen LogP contribution is 2.28. The Hall–Kier alpha value is -2.80. The molecule has 0 saturated carbocycles. The summed E-state index contributed by atoms with van der Waals surface area (Å²) in [6.45, 7) is 0.538. The van der Waals surface area contributed by atoms with E-state index in [-0.39, 0.29) is 5.91 Å². The zero-order chi connectivity index (χ0) is 23.8. The van der Waals surface area contributed by atoms with Crippen LogP contribution in [-0.4, -0.2) is 33.0 Å². The molecule has 0 bridgehead atoms. The van der Waals surface area contributed by atoms with Gasteiger partial charge in [0, 0.05) is 40.0 Å². The van der Waals surface area contributed by atoms with Crippen LogP contribution in [0.4, 0.5) is 0 Å². The van der Waals surface area contributed by atoms with Gasteiger partial charge in [0.15, 0.2) is 11.0 Å². The van der Waals surface area contributed by atoms with Crippen LogP contribution in [0.3, 0.4) is 0 Å². The third kappa shape index (κ3) is 6.41. The van der Waals surface area contributed by atoms with Gasteiger partial charge in [0.25, 0.3) is 0 Å². The van der Waals surface area contributed by atoms with Gasteiger partial charge in [-0.1, -0.05) is 89.6 Å². The average Bonchev–Trinajstić information content (AvgIpc) is 3.28. The lowest BCUT2D eigenvalue weighted by Crippen LogP contribution is -2.25. The third-order valence-electron chi connectivity index (χ3n) is 5.19. The first-order valence-electron chi connectivity index (χ1n) is 11.0.